The molecule has 1 aliphatic rings. The van der Waals surface area contributed by atoms with E-state index >= 15 is 0 Å². The summed E-state index contributed by atoms with van der Waals surface area (Å²) in [4.78, 5) is 21.5. The lowest BCUT2D eigenvalue weighted by atomic mass is 9.89. The van der Waals surface area contributed by atoms with Gasteiger partial charge in [0.15, 0.2) is 11.6 Å². The molecule has 1 aromatic carbocycles. The summed E-state index contributed by atoms with van der Waals surface area (Å²) in [6.45, 7) is 4.20. The highest BCUT2D eigenvalue weighted by molar-refractivity contribution is 6.07. The first-order chi connectivity index (χ1) is 17.4. The SMILES string of the molecule is CC1=C(C(=O)Nc2cnc(-c3cc(-c4ccon4)n(Cc4ccccc4F)n3)nc2N)C=CCC1C. The molecule has 9 nitrogen and oxygen atoms in total. The minimum Gasteiger partial charge on any atom is -0.382 e. The fraction of sp³-hybridized carbons (Fsp3) is 0.192. The Labute approximate surface area is 206 Å². The quantitative estimate of drug-likeness (QED) is 0.408. The Morgan fingerprint density at radius 3 is 2.86 bits per heavy atom. The van der Waals surface area contributed by atoms with E-state index in [2.05, 4.69) is 32.5 Å². The van der Waals surface area contributed by atoms with E-state index in [1.165, 1.54) is 18.5 Å². The van der Waals surface area contributed by atoms with Crippen LogP contribution in [0, 0.1) is 11.7 Å². The number of allylic oxidation sites excluding steroid dienone is 2. The Balaban J connectivity index is 1.44. The minimum atomic E-state index is -0.339. The molecule has 1 unspecified atom stereocenters. The third-order valence-corrected chi connectivity index (χ3v) is 6.24. The molecule has 36 heavy (non-hydrogen) atoms. The summed E-state index contributed by atoms with van der Waals surface area (Å²) in [5.41, 5.74) is 10.1. The lowest BCUT2D eigenvalue weighted by molar-refractivity contribution is -0.112. The summed E-state index contributed by atoms with van der Waals surface area (Å²) < 4.78 is 20.9. The number of rotatable bonds is 6. The van der Waals surface area contributed by atoms with Gasteiger partial charge in [-0.25, -0.2) is 14.4 Å². The number of nitrogens with one attached hydrogen (secondary N) is 1. The fourth-order valence-electron chi connectivity index (χ4n) is 4.01. The van der Waals surface area contributed by atoms with Crippen molar-refractivity contribution in [2.24, 2.45) is 5.92 Å². The second-order valence-corrected chi connectivity index (χ2v) is 8.63. The topological polar surface area (TPSA) is 125 Å². The van der Waals surface area contributed by atoms with Crippen LogP contribution in [-0.4, -0.2) is 30.8 Å². The van der Waals surface area contributed by atoms with Crippen LogP contribution in [0.1, 0.15) is 25.8 Å². The fourth-order valence-corrected chi connectivity index (χ4v) is 4.01. The van der Waals surface area contributed by atoms with Crippen molar-refractivity contribution in [2.45, 2.75) is 26.8 Å². The maximum atomic E-state index is 14.3. The number of hydrogen-bond donors (Lipinski definition) is 2. The number of nitrogens with zero attached hydrogens (tertiary/aromatic N) is 5. The lowest BCUT2D eigenvalue weighted by Gasteiger charge is -2.18. The number of nitrogens with two attached hydrogens (primary N) is 1. The third kappa shape index (κ3) is 4.52. The van der Waals surface area contributed by atoms with Crippen LogP contribution < -0.4 is 11.1 Å². The second kappa shape index (κ2) is 9.57. The van der Waals surface area contributed by atoms with Crippen molar-refractivity contribution in [3.8, 4) is 22.9 Å². The van der Waals surface area contributed by atoms with E-state index in [1.807, 2.05) is 19.1 Å². The van der Waals surface area contributed by atoms with E-state index in [4.69, 9.17) is 10.3 Å². The average molecular weight is 486 g/mol. The van der Waals surface area contributed by atoms with Gasteiger partial charge in [-0.1, -0.05) is 48.0 Å². The van der Waals surface area contributed by atoms with Gasteiger partial charge in [-0.15, -0.1) is 0 Å². The number of halogens is 1. The Bertz CT molecular complexity index is 1490. The number of carbonyl (C=O) groups is 1. The molecule has 1 amide bonds. The van der Waals surface area contributed by atoms with E-state index in [0.29, 0.717) is 39.8 Å². The summed E-state index contributed by atoms with van der Waals surface area (Å²) in [7, 11) is 0. The minimum absolute atomic E-state index is 0.103. The van der Waals surface area contributed by atoms with Crippen molar-refractivity contribution in [2.75, 3.05) is 11.1 Å². The van der Waals surface area contributed by atoms with Gasteiger partial charge in [-0.05, 0) is 31.4 Å². The van der Waals surface area contributed by atoms with Crippen LogP contribution >= 0.6 is 0 Å². The number of nitrogen functional groups attached to an aromatic ring is 1. The van der Waals surface area contributed by atoms with Crippen LogP contribution in [0.3, 0.4) is 0 Å². The predicted molar refractivity (Wildman–Crippen MR) is 133 cm³/mol. The standard InChI is InChI=1S/C26H24FN7O2/c1-15-6-5-8-18(16(15)2)26(35)30-22-13-29-25(31-24(22)28)21-12-23(20-10-11-36-33-20)34(32-21)14-17-7-3-4-9-19(17)27/h3-5,7-13,15H,6,14H2,1-2H3,(H,30,35)(H2,28,29,31). The van der Waals surface area contributed by atoms with Crippen molar-refractivity contribution in [1.29, 1.82) is 0 Å². The van der Waals surface area contributed by atoms with Crippen LogP contribution in [0.2, 0.25) is 0 Å². The van der Waals surface area contributed by atoms with E-state index in [1.54, 1.807) is 35.0 Å². The molecule has 4 aromatic rings. The normalized spacial score (nSPS) is 15.4. The van der Waals surface area contributed by atoms with Crippen LogP contribution in [-0.2, 0) is 11.3 Å². The number of carbonyl (C=O) groups excluding carboxylic acids is 1. The van der Waals surface area contributed by atoms with E-state index in [-0.39, 0.29) is 29.9 Å². The van der Waals surface area contributed by atoms with Crippen LogP contribution in [0.5, 0.6) is 0 Å². The van der Waals surface area contributed by atoms with E-state index < -0.39 is 0 Å². The van der Waals surface area contributed by atoms with Crippen LogP contribution in [0.4, 0.5) is 15.9 Å². The average Bonchev–Trinajstić information content (AvgIpc) is 3.54. The van der Waals surface area contributed by atoms with Crippen molar-refractivity contribution in [3.63, 3.8) is 0 Å². The largest absolute Gasteiger partial charge is 0.382 e. The number of anilines is 2. The monoisotopic (exact) mass is 485 g/mol. The van der Waals surface area contributed by atoms with E-state index in [0.717, 1.165) is 12.0 Å². The van der Waals surface area contributed by atoms with Crippen molar-refractivity contribution >= 4 is 17.4 Å². The summed E-state index contributed by atoms with van der Waals surface area (Å²) in [6.07, 6.45) is 7.61. The zero-order valence-electron chi connectivity index (χ0n) is 19.8. The summed E-state index contributed by atoms with van der Waals surface area (Å²) in [6, 6.07) is 9.89. The van der Waals surface area contributed by atoms with Crippen molar-refractivity contribution in [3.05, 3.63) is 83.5 Å². The molecule has 182 valence electrons. The molecular weight excluding hydrogens is 461 g/mol. The number of benzene rings is 1. The number of hydrogen-bond acceptors (Lipinski definition) is 7. The van der Waals surface area contributed by atoms with Gasteiger partial charge in [0.2, 0.25) is 0 Å². The molecule has 0 fully saturated rings. The van der Waals surface area contributed by atoms with Gasteiger partial charge < -0.3 is 15.6 Å². The number of amides is 1. The molecule has 1 atom stereocenters. The van der Waals surface area contributed by atoms with E-state index in [9.17, 15) is 9.18 Å². The molecule has 0 spiro atoms. The van der Waals surface area contributed by atoms with Gasteiger partial charge in [0, 0.05) is 17.2 Å². The smallest absolute Gasteiger partial charge is 0.255 e. The Morgan fingerprint density at radius 1 is 1.28 bits per heavy atom. The molecule has 5 rings (SSSR count). The van der Waals surface area contributed by atoms with Gasteiger partial charge in [0.1, 0.15) is 29.2 Å². The highest BCUT2D eigenvalue weighted by Crippen LogP contribution is 2.28. The molecule has 0 saturated heterocycles. The maximum absolute atomic E-state index is 14.3. The number of aromatic nitrogens is 5. The Hall–Kier alpha value is -4.60. The lowest BCUT2D eigenvalue weighted by Crippen LogP contribution is -2.19. The van der Waals surface area contributed by atoms with Crippen LogP contribution in [0.15, 0.2) is 76.7 Å². The van der Waals surface area contributed by atoms with Crippen molar-refractivity contribution in [1.82, 2.24) is 24.9 Å². The van der Waals surface area contributed by atoms with Crippen LogP contribution in [0.25, 0.3) is 22.9 Å². The maximum Gasteiger partial charge on any atom is 0.255 e. The molecule has 1 aliphatic carbocycles. The second-order valence-electron chi connectivity index (χ2n) is 8.63. The zero-order valence-corrected chi connectivity index (χ0v) is 19.8. The Kier molecular flexibility index (Phi) is 6.16. The molecule has 3 N–H and O–H groups in total. The third-order valence-electron chi connectivity index (χ3n) is 6.24. The van der Waals surface area contributed by atoms with Crippen molar-refractivity contribution < 1.29 is 13.7 Å². The molecule has 3 aromatic heterocycles. The first-order valence-corrected chi connectivity index (χ1v) is 11.4. The highest BCUT2D eigenvalue weighted by Gasteiger charge is 2.20. The molecule has 0 aliphatic heterocycles. The highest BCUT2D eigenvalue weighted by atomic mass is 19.1. The van der Waals surface area contributed by atoms with Gasteiger partial charge >= 0.3 is 0 Å². The first kappa shape index (κ1) is 23.2. The molecule has 10 heteroatoms. The zero-order chi connectivity index (χ0) is 25.2. The molecule has 0 saturated carbocycles. The molecular formula is C26H24FN7O2. The van der Waals surface area contributed by atoms with Gasteiger partial charge in [-0.2, -0.15) is 5.10 Å². The summed E-state index contributed by atoms with van der Waals surface area (Å²) >= 11 is 0. The summed E-state index contributed by atoms with van der Waals surface area (Å²) in [5.74, 6) is 0.0509. The Morgan fingerprint density at radius 2 is 2.11 bits per heavy atom. The summed E-state index contributed by atoms with van der Waals surface area (Å²) in [5, 5.41) is 11.4. The predicted octanol–water partition coefficient (Wildman–Crippen LogP) is 4.62. The molecule has 0 radical (unpaired) electrons. The molecule has 0 bridgehead atoms. The van der Waals surface area contributed by atoms with Gasteiger partial charge in [0.25, 0.3) is 5.91 Å². The van der Waals surface area contributed by atoms with Gasteiger partial charge in [-0.3, -0.25) is 9.48 Å². The first-order valence-electron chi connectivity index (χ1n) is 11.4. The van der Waals surface area contributed by atoms with Gasteiger partial charge in [0.05, 0.1) is 18.4 Å². The molecule has 3 heterocycles.